The molecule has 0 amide bonds. The molecule has 24 heavy (non-hydrogen) atoms. The number of esters is 1. The lowest BCUT2D eigenvalue weighted by molar-refractivity contribution is -0.416. The second-order valence-corrected chi connectivity index (χ2v) is 6.99. The van der Waals surface area contributed by atoms with Crippen molar-refractivity contribution in [2.45, 2.75) is 30.4 Å². The van der Waals surface area contributed by atoms with Gasteiger partial charge in [-0.2, -0.15) is 9.19 Å². The molecule has 1 saturated heterocycles. The first-order valence-electron chi connectivity index (χ1n) is 7.00. The third-order valence-corrected chi connectivity index (χ3v) is 5.37. The van der Waals surface area contributed by atoms with E-state index < -0.39 is 34.6 Å². The zero-order valence-corrected chi connectivity index (χ0v) is 14.2. The van der Waals surface area contributed by atoms with Crippen molar-refractivity contribution < 1.29 is 37.6 Å². The van der Waals surface area contributed by atoms with Gasteiger partial charge in [0.15, 0.2) is 6.04 Å². The highest BCUT2D eigenvalue weighted by Gasteiger charge is 2.46. The van der Waals surface area contributed by atoms with Crippen LogP contribution in [0.2, 0.25) is 0 Å². The van der Waals surface area contributed by atoms with Crippen LogP contribution in [0.1, 0.15) is 5.56 Å². The maximum atomic E-state index is 12.9. The van der Waals surface area contributed by atoms with Crippen LogP contribution in [0, 0.1) is 6.92 Å². The zero-order valence-electron chi connectivity index (χ0n) is 13.4. The molecule has 3 unspecified atom stereocenters. The van der Waals surface area contributed by atoms with Crippen molar-refractivity contribution in [3.63, 3.8) is 0 Å². The minimum absolute atomic E-state index is 0.0500. The van der Waals surface area contributed by atoms with Gasteiger partial charge in [-0.25, -0.2) is 13.3 Å². The maximum Gasteiger partial charge on any atom is 0.329 e. The summed E-state index contributed by atoms with van der Waals surface area (Å²) < 4.78 is 36.1. The number of ether oxygens (including phenoxy) is 2. The fraction of sp³-hybridized carbons (Fsp3) is 0.500. The van der Waals surface area contributed by atoms with Crippen LogP contribution in [0.15, 0.2) is 29.2 Å². The summed E-state index contributed by atoms with van der Waals surface area (Å²) in [5.41, 5.74) is 0.871. The molecule has 0 saturated carbocycles. The van der Waals surface area contributed by atoms with Crippen molar-refractivity contribution >= 4 is 16.0 Å². The lowest BCUT2D eigenvalue weighted by atomic mass is 10.2. The number of aliphatic hydroxyl groups excluding tert-OH is 1. The Morgan fingerprint density at radius 1 is 1.25 bits per heavy atom. The van der Waals surface area contributed by atoms with E-state index in [1.54, 1.807) is 12.1 Å². The Kier molecular flexibility index (Phi) is 5.91. The van der Waals surface area contributed by atoms with Crippen LogP contribution < -0.4 is 0 Å². The van der Waals surface area contributed by atoms with Gasteiger partial charge in [-0.3, -0.25) is 4.79 Å². The minimum Gasteiger partial charge on any atom is -0.468 e. The van der Waals surface area contributed by atoms with Gasteiger partial charge in [0, 0.05) is 7.11 Å². The third-order valence-electron chi connectivity index (χ3n) is 3.50. The standard InChI is InChI=1S/C14H19NO8S/c1-9-4-6-10(7-5-9)24(18,19)15-8-11(20-2)22-23-14(17)12(15)13(16)21-3/h4-7,11-12,14,17H,8H2,1-3H3. The van der Waals surface area contributed by atoms with Crippen LogP contribution in [-0.2, 0) is 34.1 Å². The monoisotopic (exact) mass is 361 g/mol. The maximum absolute atomic E-state index is 12.9. The van der Waals surface area contributed by atoms with Gasteiger partial charge in [0.2, 0.25) is 22.6 Å². The number of rotatable bonds is 4. The highest BCUT2D eigenvalue weighted by molar-refractivity contribution is 7.89. The van der Waals surface area contributed by atoms with Crippen molar-refractivity contribution in [2.24, 2.45) is 0 Å². The summed E-state index contributed by atoms with van der Waals surface area (Å²) >= 11 is 0. The van der Waals surface area contributed by atoms with E-state index in [0.29, 0.717) is 0 Å². The highest BCUT2D eigenvalue weighted by Crippen LogP contribution is 2.25. The van der Waals surface area contributed by atoms with E-state index in [9.17, 15) is 18.3 Å². The van der Waals surface area contributed by atoms with Crippen LogP contribution in [0.3, 0.4) is 0 Å². The lowest BCUT2D eigenvalue weighted by Crippen LogP contribution is -2.52. The van der Waals surface area contributed by atoms with Crippen molar-refractivity contribution in [1.29, 1.82) is 0 Å². The van der Waals surface area contributed by atoms with Gasteiger partial charge in [-0.1, -0.05) is 17.7 Å². The fourth-order valence-electron chi connectivity index (χ4n) is 2.17. The van der Waals surface area contributed by atoms with Crippen molar-refractivity contribution in [1.82, 2.24) is 4.31 Å². The minimum atomic E-state index is -4.15. The Labute approximate surface area is 139 Å². The first-order chi connectivity index (χ1) is 11.3. The second kappa shape index (κ2) is 7.55. The number of sulfonamides is 1. The molecule has 0 aromatic heterocycles. The number of methoxy groups -OCH3 is 2. The number of hydrogen-bond donors (Lipinski definition) is 1. The summed E-state index contributed by atoms with van der Waals surface area (Å²) in [5.74, 6) is -0.987. The van der Waals surface area contributed by atoms with Crippen LogP contribution >= 0.6 is 0 Å². The number of nitrogens with zero attached hydrogens (tertiary/aromatic N) is 1. The van der Waals surface area contributed by atoms with E-state index in [-0.39, 0.29) is 11.4 Å². The van der Waals surface area contributed by atoms with Gasteiger partial charge >= 0.3 is 5.97 Å². The molecule has 1 aromatic carbocycles. The Morgan fingerprint density at radius 2 is 1.88 bits per heavy atom. The molecule has 0 aliphatic carbocycles. The van der Waals surface area contributed by atoms with Crippen molar-refractivity contribution in [2.75, 3.05) is 20.8 Å². The van der Waals surface area contributed by atoms with Gasteiger partial charge in [-0.05, 0) is 19.1 Å². The van der Waals surface area contributed by atoms with Crippen LogP contribution in [0.4, 0.5) is 0 Å². The molecule has 2 rings (SSSR count). The molecule has 0 radical (unpaired) electrons. The Balaban J connectivity index is 2.49. The van der Waals surface area contributed by atoms with Gasteiger partial charge in [0.05, 0.1) is 18.6 Å². The zero-order chi connectivity index (χ0) is 17.9. The summed E-state index contributed by atoms with van der Waals surface area (Å²) in [7, 11) is -1.80. The van der Waals surface area contributed by atoms with Crippen LogP contribution in [0.25, 0.3) is 0 Å². The SMILES string of the molecule is COC(=O)C1C(O)OOC(OC)CN1S(=O)(=O)c1ccc(C)cc1. The molecule has 1 N–H and O–H groups in total. The molecule has 10 heteroatoms. The summed E-state index contributed by atoms with van der Waals surface area (Å²) in [6.45, 7) is 1.44. The first kappa shape index (κ1) is 18.8. The topological polar surface area (TPSA) is 112 Å². The van der Waals surface area contributed by atoms with Gasteiger partial charge in [0.1, 0.15) is 0 Å². The predicted octanol–water partition coefficient (Wildman–Crippen LogP) is -0.220. The summed E-state index contributed by atoms with van der Waals surface area (Å²) in [6.07, 6.45) is -3.01. The molecule has 1 heterocycles. The van der Waals surface area contributed by atoms with Crippen LogP contribution in [0.5, 0.6) is 0 Å². The molecule has 1 fully saturated rings. The molecule has 9 nitrogen and oxygen atoms in total. The smallest absolute Gasteiger partial charge is 0.329 e. The summed E-state index contributed by atoms with van der Waals surface area (Å²) in [4.78, 5) is 21.4. The summed E-state index contributed by atoms with van der Waals surface area (Å²) in [6, 6.07) is 4.41. The number of hydrogen-bond acceptors (Lipinski definition) is 8. The van der Waals surface area contributed by atoms with Crippen LogP contribution in [-0.4, -0.2) is 63.2 Å². The fourth-order valence-corrected chi connectivity index (χ4v) is 3.72. The Morgan fingerprint density at radius 3 is 2.42 bits per heavy atom. The number of aliphatic hydroxyl groups is 1. The first-order valence-corrected chi connectivity index (χ1v) is 8.44. The average Bonchev–Trinajstić information content (AvgIpc) is 2.74. The number of carbonyl (C=O) groups excluding carboxylic acids is 1. The van der Waals surface area contributed by atoms with Gasteiger partial charge in [-0.15, -0.1) is 0 Å². The molecule has 0 spiro atoms. The van der Waals surface area contributed by atoms with E-state index in [4.69, 9.17) is 9.62 Å². The number of aryl methyl sites for hydroxylation is 1. The normalized spacial score (nSPS) is 25.9. The number of benzene rings is 1. The molecule has 1 aromatic rings. The Hall–Kier alpha value is -1.56. The quantitative estimate of drug-likeness (QED) is 0.579. The van der Waals surface area contributed by atoms with E-state index in [1.165, 1.54) is 19.2 Å². The van der Waals surface area contributed by atoms with E-state index >= 15 is 0 Å². The largest absolute Gasteiger partial charge is 0.468 e. The van der Waals surface area contributed by atoms with E-state index in [2.05, 4.69) is 9.62 Å². The van der Waals surface area contributed by atoms with E-state index in [1.807, 2.05) is 6.92 Å². The van der Waals surface area contributed by atoms with Crippen molar-refractivity contribution in [3.8, 4) is 0 Å². The third kappa shape index (κ3) is 3.74. The van der Waals surface area contributed by atoms with Gasteiger partial charge in [0.25, 0.3) is 0 Å². The average molecular weight is 361 g/mol. The molecular weight excluding hydrogens is 342 g/mol. The summed E-state index contributed by atoms with van der Waals surface area (Å²) in [5, 5.41) is 9.98. The van der Waals surface area contributed by atoms with Crippen molar-refractivity contribution in [3.05, 3.63) is 29.8 Å². The highest BCUT2D eigenvalue weighted by atomic mass is 32.2. The lowest BCUT2D eigenvalue weighted by Gasteiger charge is -2.28. The predicted molar refractivity (Wildman–Crippen MR) is 79.8 cm³/mol. The molecule has 3 atom stereocenters. The van der Waals surface area contributed by atoms with E-state index in [0.717, 1.165) is 17.0 Å². The van der Waals surface area contributed by atoms with Gasteiger partial charge < -0.3 is 14.6 Å². The second-order valence-electron chi connectivity index (χ2n) is 5.10. The molecule has 0 bridgehead atoms. The molecule has 1 aliphatic rings. The Bertz CT molecular complexity index is 675. The molecular formula is C14H19NO8S. The molecule has 134 valence electrons. The molecule has 1 aliphatic heterocycles. The number of carbonyl (C=O) groups is 1.